The number of hydrogen-bond acceptors (Lipinski definition) is 2. The molecule has 2 aliphatic carbocycles. The Labute approximate surface area is 170 Å². The topological polar surface area (TPSA) is 49.4 Å². The maximum absolute atomic E-state index is 13.9. The Balaban J connectivity index is 1.81. The van der Waals surface area contributed by atoms with E-state index in [9.17, 15) is 22.8 Å². The Hall–Kier alpha value is -2.54. The van der Waals surface area contributed by atoms with Crippen molar-refractivity contribution in [3.8, 4) is 0 Å². The number of fused-ring (bicyclic) bond motifs is 1. The minimum atomic E-state index is -2.80. The van der Waals surface area contributed by atoms with E-state index in [4.69, 9.17) is 11.6 Å². The van der Waals surface area contributed by atoms with Crippen LogP contribution in [0.5, 0.6) is 0 Å². The molecular weight excluding hydrogens is 405 g/mol. The molecule has 2 amide bonds. The molecule has 1 fully saturated rings. The normalized spacial score (nSPS) is 22.5. The number of hydrogen-bond donors (Lipinski definition) is 1. The van der Waals surface area contributed by atoms with E-state index in [2.05, 4.69) is 5.32 Å². The van der Waals surface area contributed by atoms with Gasteiger partial charge in [-0.15, -0.1) is 0 Å². The zero-order chi connectivity index (χ0) is 20.8. The molecule has 2 aromatic carbocycles. The molecule has 0 spiro atoms. The number of anilines is 1. The molecule has 2 aliphatic rings. The average molecular weight is 423 g/mol. The van der Waals surface area contributed by atoms with Crippen LogP contribution in [0.1, 0.15) is 30.4 Å². The standard InChI is InChI=1S/C21H18ClF3N2O2/c22-17-6-1-3-13-7-8-21(18(13)17,19(29)26-15-10-20(24,25)11-15)27(12-28)16-5-2-4-14(23)9-16/h1-6,9,12,15H,7-8,10-11H2,(H,26,29). The van der Waals surface area contributed by atoms with Crippen LogP contribution in [0.3, 0.4) is 0 Å². The summed E-state index contributed by atoms with van der Waals surface area (Å²) >= 11 is 6.43. The Morgan fingerprint density at radius 2 is 1.93 bits per heavy atom. The van der Waals surface area contributed by atoms with Crippen molar-refractivity contribution in [3.63, 3.8) is 0 Å². The second-order valence-electron chi connectivity index (χ2n) is 7.52. The molecule has 4 rings (SSSR count). The Bertz CT molecular complexity index is 976. The van der Waals surface area contributed by atoms with Crippen LogP contribution in [0.15, 0.2) is 42.5 Å². The summed E-state index contributed by atoms with van der Waals surface area (Å²) in [6, 6.07) is 9.79. The Kier molecular flexibility index (Phi) is 4.81. The zero-order valence-electron chi connectivity index (χ0n) is 15.3. The van der Waals surface area contributed by atoms with E-state index in [1.165, 1.54) is 18.2 Å². The second-order valence-corrected chi connectivity index (χ2v) is 7.93. The lowest BCUT2D eigenvalue weighted by atomic mass is 9.84. The van der Waals surface area contributed by atoms with Crippen LogP contribution >= 0.6 is 11.6 Å². The summed E-state index contributed by atoms with van der Waals surface area (Å²) in [6.45, 7) is 0. The van der Waals surface area contributed by atoms with Gasteiger partial charge in [0, 0.05) is 35.2 Å². The number of alkyl halides is 2. The maximum Gasteiger partial charge on any atom is 0.252 e. The first-order valence-electron chi connectivity index (χ1n) is 9.24. The molecule has 2 aromatic rings. The van der Waals surface area contributed by atoms with Crippen molar-refractivity contribution in [2.45, 2.75) is 43.2 Å². The van der Waals surface area contributed by atoms with E-state index in [-0.39, 0.29) is 17.1 Å². The average Bonchev–Trinajstić information content (AvgIpc) is 3.03. The first-order chi connectivity index (χ1) is 13.8. The van der Waals surface area contributed by atoms with E-state index in [0.717, 1.165) is 16.5 Å². The van der Waals surface area contributed by atoms with Gasteiger partial charge in [-0.2, -0.15) is 0 Å². The third-order valence-electron chi connectivity index (χ3n) is 5.67. The largest absolute Gasteiger partial charge is 0.351 e. The monoisotopic (exact) mass is 422 g/mol. The molecule has 0 aromatic heterocycles. The third-order valence-corrected chi connectivity index (χ3v) is 5.99. The van der Waals surface area contributed by atoms with Gasteiger partial charge in [0.1, 0.15) is 5.82 Å². The molecule has 1 atom stereocenters. The summed E-state index contributed by atoms with van der Waals surface area (Å²) in [5.41, 5.74) is -0.132. The highest BCUT2D eigenvalue weighted by Gasteiger charge is 2.54. The number of amides is 2. The number of halogens is 4. The maximum atomic E-state index is 13.9. The number of carbonyl (C=O) groups is 2. The fraction of sp³-hybridized carbons (Fsp3) is 0.333. The van der Waals surface area contributed by atoms with Crippen LogP contribution in [-0.2, 0) is 21.5 Å². The van der Waals surface area contributed by atoms with Crippen LogP contribution in [0.2, 0.25) is 5.02 Å². The molecule has 152 valence electrons. The number of benzene rings is 2. The van der Waals surface area contributed by atoms with Gasteiger partial charge < -0.3 is 5.32 Å². The molecule has 8 heteroatoms. The minimum absolute atomic E-state index is 0.182. The number of nitrogens with zero attached hydrogens (tertiary/aromatic N) is 1. The third kappa shape index (κ3) is 3.27. The van der Waals surface area contributed by atoms with E-state index >= 15 is 0 Å². The van der Waals surface area contributed by atoms with Crippen LogP contribution in [-0.4, -0.2) is 24.3 Å². The van der Waals surface area contributed by atoms with Gasteiger partial charge in [-0.05, 0) is 42.7 Å². The SMILES string of the molecule is O=CN(c1cccc(F)c1)C1(C(=O)NC2CC(F)(F)C2)CCc2cccc(Cl)c21. The molecular formula is C21H18ClF3N2O2. The summed E-state index contributed by atoms with van der Waals surface area (Å²) in [7, 11) is 0. The molecule has 0 aliphatic heterocycles. The van der Waals surface area contributed by atoms with E-state index in [0.29, 0.717) is 18.4 Å². The molecule has 4 nitrogen and oxygen atoms in total. The van der Waals surface area contributed by atoms with Crippen LogP contribution in [0.4, 0.5) is 18.9 Å². The number of aryl methyl sites for hydroxylation is 1. The molecule has 1 N–H and O–H groups in total. The molecule has 0 bridgehead atoms. The van der Waals surface area contributed by atoms with Gasteiger partial charge >= 0.3 is 0 Å². The van der Waals surface area contributed by atoms with Gasteiger partial charge in [0.2, 0.25) is 6.41 Å². The predicted octanol–water partition coefficient (Wildman–Crippen LogP) is 4.20. The van der Waals surface area contributed by atoms with Crippen LogP contribution in [0.25, 0.3) is 0 Å². The highest BCUT2D eigenvalue weighted by atomic mass is 35.5. The van der Waals surface area contributed by atoms with Crippen molar-refractivity contribution >= 4 is 29.6 Å². The van der Waals surface area contributed by atoms with Crippen molar-refractivity contribution in [2.75, 3.05) is 4.90 Å². The van der Waals surface area contributed by atoms with Gasteiger partial charge in [0.05, 0.1) is 0 Å². The lowest BCUT2D eigenvalue weighted by molar-refractivity contribution is -0.135. The van der Waals surface area contributed by atoms with Crippen molar-refractivity contribution in [1.82, 2.24) is 5.32 Å². The molecule has 1 unspecified atom stereocenters. The Morgan fingerprint density at radius 3 is 2.59 bits per heavy atom. The van der Waals surface area contributed by atoms with Crippen LogP contribution < -0.4 is 10.2 Å². The fourth-order valence-electron chi connectivity index (χ4n) is 4.32. The lowest BCUT2D eigenvalue weighted by Crippen LogP contribution is -2.60. The Morgan fingerprint density at radius 1 is 1.21 bits per heavy atom. The van der Waals surface area contributed by atoms with Gasteiger partial charge in [0.25, 0.3) is 11.8 Å². The van der Waals surface area contributed by atoms with Crippen molar-refractivity contribution in [2.24, 2.45) is 0 Å². The number of rotatable bonds is 5. The van der Waals surface area contributed by atoms with Crippen LogP contribution in [0, 0.1) is 5.82 Å². The molecule has 1 saturated carbocycles. The summed E-state index contributed by atoms with van der Waals surface area (Å²) in [5.74, 6) is -3.97. The van der Waals surface area contributed by atoms with Gasteiger partial charge in [0.15, 0.2) is 5.54 Å². The van der Waals surface area contributed by atoms with Gasteiger partial charge in [-0.1, -0.05) is 29.8 Å². The summed E-state index contributed by atoms with van der Waals surface area (Å²) in [5, 5.41) is 2.94. The smallest absolute Gasteiger partial charge is 0.252 e. The first kappa shape index (κ1) is 19.8. The van der Waals surface area contributed by atoms with Gasteiger partial charge in [-0.25, -0.2) is 13.2 Å². The molecule has 0 heterocycles. The zero-order valence-corrected chi connectivity index (χ0v) is 16.1. The quantitative estimate of drug-likeness (QED) is 0.734. The second kappa shape index (κ2) is 7.06. The summed E-state index contributed by atoms with van der Waals surface area (Å²) in [6.07, 6.45) is 0.221. The fourth-order valence-corrected chi connectivity index (χ4v) is 4.67. The highest BCUT2D eigenvalue weighted by Crippen LogP contribution is 2.47. The molecule has 0 saturated heterocycles. The number of nitrogens with one attached hydrogen (secondary N) is 1. The molecule has 0 radical (unpaired) electrons. The van der Waals surface area contributed by atoms with Gasteiger partial charge in [-0.3, -0.25) is 14.5 Å². The lowest BCUT2D eigenvalue weighted by Gasteiger charge is -2.42. The van der Waals surface area contributed by atoms with E-state index in [1.807, 2.05) is 6.07 Å². The number of carbonyl (C=O) groups excluding carboxylic acids is 2. The van der Waals surface area contributed by atoms with Crippen molar-refractivity contribution < 1.29 is 22.8 Å². The van der Waals surface area contributed by atoms with Crippen molar-refractivity contribution in [3.05, 3.63) is 64.4 Å². The van der Waals surface area contributed by atoms with E-state index < -0.39 is 42.1 Å². The summed E-state index contributed by atoms with van der Waals surface area (Å²) in [4.78, 5) is 26.8. The van der Waals surface area contributed by atoms with E-state index in [1.54, 1.807) is 12.1 Å². The minimum Gasteiger partial charge on any atom is -0.351 e. The molecule has 29 heavy (non-hydrogen) atoms. The first-order valence-corrected chi connectivity index (χ1v) is 9.61. The van der Waals surface area contributed by atoms with Crippen molar-refractivity contribution in [1.29, 1.82) is 0 Å². The summed E-state index contributed by atoms with van der Waals surface area (Å²) < 4.78 is 40.4. The predicted molar refractivity (Wildman–Crippen MR) is 103 cm³/mol. The highest BCUT2D eigenvalue weighted by molar-refractivity contribution is 6.32.